The Morgan fingerprint density at radius 2 is 1.83 bits per heavy atom. The van der Waals surface area contributed by atoms with E-state index >= 15 is 0 Å². The quantitative estimate of drug-likeness (QED) is 0.259. The molecule has 7 heteroatoms. The third kappa shape index (κ3) is 7.87. The van der Waals surface area contributed by atoms with Crippen LogP contribution in [0.1, 0.15) is 25.3 Å². The first-order chi connectivity index (χ1) is 10.7. The second-order valence-corrected chi connectivity index (χ2v) is 5.75. The van der Waals surface area contributed by atoms with Crippen LogP contribution in [0.2, 0.25) is 5.02 Å². The van der Waals surface area contributed by atoms with Crippen LogP contribution >= 0.6 is 35.6 Å². The Hall–Kier alpha value is -1.02. The van der Waals surface area contributed by atoms with E-state index in [1.807, 2.05) is 31.2 Å². The van der Waals surface area contributed by atoms with E-state index in [4.69, 9.17) is 11.6 Å². The fourth-order valence-electron chi connectivity index (χ4n) is 1.96. The van der Waals surface area contributed by atoms with Gasteiger partial charge in [-0.2, -0.15) is 0 Å². The maximum absolute atomic E-state index is 11.5. The molecule has 0 atom stereocenters. The topological polar surface area (TPSA) is 65.5 Å². The summed E-state index contributed by atoms with van der Waals surface area (Å²) in [7, 11) is 0. The van der Waals surface area contributed by atoms with Crippen LogP contribution in [0, 0.1) is 5.92 Å². The van der Waals surface area contributed by atoms with Gasteiger partial charge in [0.15, 0.2) is 5.96 Å². The van der Waals surface area contributed by atoms with Gasteiger partial charge in [0.25, 0.3) is 0 Å². The summed E-state index contributed by atoms with van der Waals surface area (Å²) < 4.78 is 0. The summed E-state index contributed by atoms with van der Waals surface area (Å²) in [6.07, 6.45) is 2.06. The largest absolute Gasteiger partial charge is 0.357 e. The third-order valence-corrected chi connectivity index (χ3v) is 3.59. The molecule has 0 unspecified atom stereocenters. The second-order valence-electron chi connectivity index (χ2n) is 5.31. The van der Waals surface area contributed by atoms with E-state index in [1.165, 1.54) is 0 Å². The fraction of sp³-hybridized carbons (Fsp3) is 0.500. The Morgan fingerprint density at radius 1 is 1.17 bits per heavy atom. The van der Waals surface area contributed by atoms with Crippen molar-refractivity contribution < 1.29 is 4.79 Å². The van der Waals surface area contributed by atoms with Crippen LogP contribution < -0.4 is 16.0 Å². The molecule has 2 rings (SSSR count). The van der Waals surface area contributed by atoms with Gasteiger partial charge in [0.2, 0.25) is 5.91 Å². The maximum atomic E-state index is 11.5. The summed E-state index contributed by atoms with van der Waals surface area (Å²) >= 11 is 5.87. The van der Waals surface area contributed by atoms with Crippen molar-refractivity contribution in [1.82, 2.24) is 16.0 Å². The first-order valence-corrected chi connectivity index (χ1v) is 8.11. The molecule has 0 radical (unpaired) electrons. The lowest BCUT2D eigenvalue weighted by Gasteiger charge is -2.11. The summed E-state index contributed by atoms with van der Waals surface area (Å²) in [5.74, 6) is 1.18. The Bertz CT molecular complexity index is 517. The van der Waals surface area contributed by atoms with Gasteiger partial charge in [-0.15, -0.1) is 24.0 Å². The minimum Gasteiger partial charge on any atom is -0.357 e. The van der Waals surface area contributed by atoms with Crippen LogP contribution in [-0.2, 0) is 11.3 Å². The molecule has 1 aliphatic rings. The van der Waals surface area contributed by atoms with Crippen molar-refractivity contribution in [2.75, 3.05) is 19.6 Å². The first-order valence-electron chi connectivity index (χ1n) is 7.73. The van der Waals surface area contributed by atoms with Crippen LogP contribution in [0.15, 0.2) is 29.3 Å². The lowest BCUT2D eigenvalue weighted by molar-refractivity contribution is -0.122. The van der Waals surface area contributed by atoms with Crippen LogP contribution in [0.4, 0.5) is 0 Å². The molecule has 0 aliphatic heterocycles. The van der Waals surface area contributed by atoms with Crippen molar-refractivity contribution in [2.24, 2.45) is 10.9 Å². The van der Waals surface area contributed by atoms with Gasteiger partial charge in [0.05, 0.1) is 6.54 Å². The molecule has 1 aliphatic carbocycles. The number of amides is 1. The minimum absolute atomic E-state index is 0. The molecule has 128 valence electrons. The van der Waals surface area contributed by atoms with E-state index in [0.717, 1.165) is 35.9 Å². The lowest BCUT2D eigenvalue weighted by atomic mass is 10.2. The van der Waals surface area contributed by atoms with Crippen LogP contribution in [-0.4, -0.2) is 31.5 Å². The molecule has 0 bridgehead atoms. The van der Waals surface area contributed by atoms with Crippen molar-refractivity contribution in [3.05, 3.63) is 34.9 Å². The zero-order chi connectivity index (χ0) is 15.8. The maximum Gasteiger partial charge on any atom is 0.223 e. The number of hydrogen-bond acceptors (Lipinski definition) is 2. The number of rotatable bonds is 7. The molecule has 1 aromatic rings. The molecule has 3 N–H and O–H groups in total. The van der Waals surface area contributed by atoms with Crippen molar-refractivity contribution in [3.63, 3.8) is 0 Å². The number of nitrogens with one attached hydrogen (secondary N) is 3. The Labute approximate surface area is 159 Å². The van der Waals surface area contributed by atoms with Crippen LogP contribution in [0.5, 0.6) is 0 Å². The lowest BCUT2D eigenvalue weighted by Crippen LogP contribution is -2.41. The molecule has 0 saturated heterocycles. The van der Waals surface area contributed by atoms with Gasteiger partial charge in [0, 0.05) is 30.6 Å². The van der Waals surface area contributed by atoms with Crippen LogP contribution in [0.3, 0.4) is 0 Å². The highest BCUT2D eigenvalue weighted by Crippen LogP contribution is 2.28. The van der Waals surface area contributed by atoms with E-state index < -0.39 is 0 Å². The Kier molecular flexibility index (Phi) is 9.31. The monoisotopic (exact) mass is 450 g/mol. The zero-order valence-corrected chi connectivity index (χ0v) is 16.4. The fourth-order valence-corrected chi connectivity index (χ4v) is 2.08. The number of nitrogens with zero attached hydrogens (tertiary/aromatic N) is 1. The summed E-state index contributed by atoms with van der Waals surface area (Å²) in [5, 5.41) is 10.1. The number of hydrogen-bond donors (Lipinski definition) is 3. The number of halogens is 2. The van der Waals surface area contributed by atoms with Crippen molar-refractivity contribution >= 4 is 47.4 Å². The highest BCUT2D eigenvalue weighted by molar-refractivity contribution is 14.0. The van der Waals surface area contributed by atoms with Gasteiger partial charge in [0.1, 0.15) is 0 Å². The molecule has 1 saturated carbocycles. The Balaban J connectivity index is 0.00000264. The highest BCUT2D eigenvalue weighted by Gasteiger charge is 2.28. The first kappa shape index (κ1) is 20.0. The molecule has 0 aromatic heterocycles. The number of guanidine groups is 1. The summed E-state index contributed by atoms with van der Waals surface area (Å²) in [6, 6.07) is 7.65. The summed E-state index contributed by atoms with van der Waals surface area (Å²) in [6.45, 7) is 4.67. The average Bonchev–Trinajstić information content (AvgIpc) is 3.35. The molecule has 1 fully saturated rings. The van der Waals surface area contributed by atoms with Gasteiger partial charge in [-0.1, -0.05) is 23.7 Å². The Morgan fingerprint density at radius 3 is 2.43 bits per heavy atom. The van der Waals surface area contributed by atoms with E-state index in [1.54, 1.807) is 0 Å². The molecule has 0 spiro atoms. The normalized spacial score (nSPS) is 13.9. The van der Waals surface area contributed by atoms with Crippen molar-refractivity contribution in [2.45, 2.75) is 26.3 Å². The number of benzene rings is 1. The van der Waals surface area contributed by atoms with Gasteiger partial charge >= 0.3 is 0 Å². The summed E-state index contributed by atoms with van der Waals surface area (Å²) in [4.78, 5) is 16.0. The number of aliphatic imine (C=N–C) groups is 1. The van der Waals surface area contributed by atoms with E-state index in [9.17, 15) is 4.79 Å². The van der Waals surface area contributed by atoms with Crippen molar-refractivity contribution in [1.29, 1.82) is 0 Å². The molecule has 1 amide bonds. The highest BCUT2D eigenvalue weighted by atomic mass is 127. The summed E-state index contributed by atoms with van der Waals surface area (Å²) in [5.41, 5.74) is 1.10. The minimum atomic E-state index is 0. The van der Waals surface area contributed by atoms with Gasteiger partial charge < -0.3 is 16.0 Å². The predicted molar refractivity (Wildman–Crippen MR) is 105 cm³/mol. The SMILES string of the molecule is CCNC(=NCc1ccc(Cl)cc1)NCCNC(=O)C1CC1.I. The molecule has 23 heavy (non-hydrogen) atoms. The predicted octanol–water partition coefficient (Wildman–Crippen LogP) is 2.54. The average molecular weight is 451 g/mol. The van der Waals surface area contributed by atoms with E-state index in [0.29, 0.717) is 19.6 Å². The standard InChI is InChI=1S/C16H23ClN4O.HI/c1-2-18-16(20-10-9-19-15(22)13-5-6-13)21-11-12-3-7-14(17)8-4-12;/h3-4,7-8,13H,2,5-6,9-11H2,1H3,(H,19,22)(H2,18,20,21);1H. The van der Waals surface area contributed by atoms with Gasteiger partial charge in [-0.25, -0.2) is 4.99 Å². The third-order valence-electron chi connectivity index (χ3n) is 3.34. The zero-order valence-electron chi connectivity index (χ0n) is 13.3. The molecule has 1 aromatic carbocycles. The van der Waals surface area contributed by atoms with Gasteiger partial charge in [-0.05, 0) is 37.5 Å². The smallest absolute Gasteiger partial charge is 0.223 e. The number of carbonyl (C=O) groups excluding carboxylic acids is 1. The molecule has 0 heterocycles. The second kappa shape index (κ2) is 10.7. The molecular formula is C16H24ClIN4O. The van der Waals surface area contributed by atoms with Gasteiger partial charge in [-0.3, -0.25) is 4.79 Å². The van der Waals surface area contributed by atoms with E-state index in [-0.39, 0.29) is 35.8 Å². The molecular weight excluding hydrogens is 427 g/mol. The van der Waals surface area contributed by atoms with Crippen LogP contribution in [0.25, 0.3) is 0 Å². The molecule has 5 nitrogen and oxygen atoms in total. The van der Waals surface area contributed by atoms with E-state index in [2.05, 4.69) is 20.9 Å². The van der Waals surface area contributed by atoms with Crippen molar-refractivity contribution in [3.8, 4) is 0 Å². The number of carbonyl (C=O) groups is 1.